The van der Waals surface area contributed by atoms with Gasteiger partial charge in [-0.1, -0.05) is 0 Å². The molecule has 12 nitrogen and oxygen atoms in total. The molecule has 0 saturated carbocycles. The fraction of sp³-hybridized carbons (Fsp3) is 0.154. The Morgan fingerprint density at radius 3 is 2.28 bits per heavy atom. The van der Waals surface area contributed by atoms with E-state index in [0.717, 1.165) is 0 Å². The Morgan fingerprint density at radius 1 is 0.923 bits per heavy atom. The van der Waals surface area contributed by atoms with Crippen LogP contribution in [0.5, 0.6) is 17.6 Å². The maximum Gasteiger partial charge on any atom is 0.321 e. The molecule has 0 spiro atoms. The third-order valence-electron chi connectivity index (χ3n) is 5.26. The molecule has 13 heteroatoms. The molecule has 2 heterocycles. The van der Waals surface area contributed by atoms with Gasteiger partial charge in [0.2, 0.25) is 5.88 Å². The normalized spacial score (nSPS) is 10.9. The lowest BCUT2D eigenvalue weighted by molar-refractivity contribution is 0.0990. The summed E-state index contributed by atoms with van der Waals surface area (Å²) in [6, 6.07) is 16.5. The highest BCUT2D eigenvalue weighted by Gasteiger charge is 2.18. The van der Waals surface area contributed by atoms with E-state index in [1.807, 2.05) is 0 Å². The number of sulfonamides is 1. The number of furan rings is 1. The minimum absolute atomic E-state index is 0.0400. The highest BCUT2D eigenvalue weighted by Crippen LogP contribution is 2.22. The van der Waals surface area contributed by atoms with Gasteiger partial charge in [-0.2, -0.15) is 9.97 Å². The van der Waals surface area contributed by atoms with Crippen molar-refractivity contribution in [2.24, 2.45) is 0 Å². The van der Waals surface area contributed by atoms with Gasteiger partial charge in [0.15, 0.2) is 17.4 Å². The number of hydrogen-bond donors (Lipinski definition) is 2. The van der Waals surface area contributed by atoms with Crippen molar-refractivity contribution in [1.29, 1.82) is 0 Å². The first-order valence-electron chi connectivity index (χ1n) is 11.4. The van der Waals surface area contributed by atoms with Crippen LogP contribution in [0.3, 0.4) is 0 Å². The third-order valence-corrected chi connectivity index (χ3v) is 6.63. The second-order valence-electron chi connectivity index (χ2n) is 8.00. The van der Waals surface area contributed by atoms with E-state index >= 15 is 0 Å². The first kappa shape index (κ1) is 27.1. The molecule has 0 fully saturated rings. The molecule has 2 aromatic heterocycles. The van der Waals surface area contributed by atoms with Gasteiger partial charge in [-0.15, -0.1) is 0 Å². The quantitative estimate of drug-likeness (QED) is 0.261. The van der Waals surface area contributed by atoms with Crippen LogP contribution in [-0.2, 0) is 16.6 Å². The van der Waals surface area contributed by atoms with Gasteiger partial charge < -0.3 is 23.9 Å². The summed E-state index contributed by atoms with van der Waals surface area (Å²) in [5.74, 6) is 0.522. The van der Waals surface area contributed by atoms with E-state index in [0.29, 0.717) is 22.8 Å². The average molecular weight is 553 g/mol. The second-order valence-corrected chi connectivity index (χ2v) is 9.68. The van der Waals surface area contributed by atoms with Gasteiger partial charge in [-0.05, 0) is 67.6 Å². The highest BCUT2D eigenvalue weighted by molar-refractivity contribution is 7.92. The number of nitrogens with one attached hydrogen (secondary N) is 2. The van der Waals surface area contributed by atoms with E-state index in [2.05, 4.69) is 20.0 Å². The Morgan fingerprint density at radius 2 is 1.64 bits per heavy atom. The summed E-state index contributed by atoms with van der Waals surface area (Å²) in [6.07, 6.45) is 0. The molecule has 0 aliphatic rings. The summed E-state index contributed by atoms with van der Waals surface area (Å²) in [6.45, 7) is 1.56. The van der Waals surface area contributed by atoms with E-state index in [-0.39, 0.29) is 40.8 Å². The average Bonchev–Trinajstić information content (AvgIpc) is 3.41. The summed E-state index contributed by atoms with van der Waals surface area (Å²) in [5.41, 5.74) is 0.928. The van der Waals surface area contributed by atoms with Gasteiger partial charge in [-0.3, -0.25) is 14.3 Å². The summed E-state index contributed by atoms with van der Waals surface area (Å²) in [7, 11) is -1.29. The molecule has 1 amide bonds. The number of ether oxygens (including phenoxy) is 3. The molecule has 202 valence electrons. The molecule has 4 aromatic rings. The van der Waals surface area contributed by atoms with E-state index in [9.17, 15) is 18.0 Å². The molecule has 0 saturated heterocycles. The number of benzene rings is 2. The fourth-order valence-electron chi connectivity index (χ4n) is 3.28. The van der Waals surface area contributed by atoms with Crippen molar-refractivity contribution in [3.05, 3.63) is 83.8 Å². The van der Waals surface area contributed by atoms with Crippen molar-refractivity contribution in [3.8, 4) is 17.6 Å². The molecular formula is C26H24N4O8S. The maximum absolute atomic E-state index is 12.8. The predicted molar refractivity (Wildman–Crippen MR) is 140 cm³/mol. The zero-order valence-corrected chi connectivity index (χ0v) is 21.9. The smallest absolute Gasteiger partial charge is 0.321 e. The van der Waals surface area contributed by atoms with Gasteiger partial charge in [-0.25, -0.2) is 8.42 Å². The van der Waals surface area contributed by atoms with E-state index < -0.39 is 15.9 Å². The molecule has 0 unspecified atom stereocenters. The van der Waals surface area contributed by atoms with Crippen LogP contribution >= 0.6 is 0 Å². The van der Waals surface area contributed by atoms with E-state index in [4.69, 9.17) is 18.6 Å². The second kappa shape index (κ2) is 11.6. The Kier molecular flexibility index (Phi) is 8.10. The molecule has 4 rings (SSSR count). The Bertz CT molecular complexity index is 1560. The number of amides is 1. The lowest BCUT2D eigenvalue weighted by atomic mass is 10.1. The standard InChI is InChI=1S/C26H24N4O8S/c1-16(31)17-4-8-19(9-5-17)37-15-20-10-13-22(38-20)25(32)27-18-6-11-21(12-7-18)39(33,34)30-23-14-24(35-2)29-26(28-23)36-3/h4-14H,15H2,1-3H3,(H,27,32)(H,28,29,30). The molecule has 0 bridgehead atoms. The Labute approximate surface area is 224 Å². The summed E-state index contributed by atoms with van der Waals surface area (Å²) >= 11 is 0. The van der Waals surface area contributed by atoms with Crippen molar-refractivity contribution in [2.75, 3.05) is 24.3 Å². The number of anilines is 2. The van der Waals surface area contributed by atoms with Crippen LogP contribution in [-0.4, -0.2) is 44.3 Å². The van der Waals surface area contributed by atoms with Gasteiger partial charge in [0, 0.05) is 17.3 Å². The largest absolute Gasteiger partial charge is 0.486 e. The van der Waals surface area contributed by atoms with Crippen molar-refractivity contribution >= 4 is 33.2 Å². The number of nitrogens with zero attached hydrogens (tertiary/aromatic N) is 2. The van der Waals surface area contributed by atoms with Gasteiger partial charge in [0.05, 0.1) is 19.1 Å². The van der Waals surface area contributed by atoms with Gasteiger partial charge >= 0.3 is 6.01 Å². The number of ketones is 1. The zero-order chi connectivity index (χ0) is 28.0. The number of rotatable bonds is 11. The van der Waals surface area contributed by atoms with Crippen LogP contribution in [0.1, 0.15) is 33.6 Å². The topological polar surface area (TPSA) is 159 Å². The van der Waals surface area contributed by atoms with Crippen LogP contribution in [0.2, 0.25) is 0 Å². The molecular weight excluding hydrogens is 528 g/mol. The highest BCUT2D eigenvalue weighted by atomic mass is 32.2. The minimum atomic E-state index is -4.01. The number of carbonyl (C=O) groups is 2. The predicted octanol–water partition coefficient (Wildman–Crippen LogP) is 3.92. The van der Waals surface area contributed by atoms with Crippen molar-refractivity contribution < 1.29 is 36.6 Å². The number of hydrogen-bond acceptors (Lipinski definition) is 10. The van der Waals surface area contributed by atoms with E-state index in [1.165, 1.54) is 57.5 Å². The van der Waals surface area contributed by atoms with Crippen LogP contribution in [0.25, 0.3) is 0 Å². The van der Waals surface area contributed by atoms with Crippen molar-refractivity contribution in [3.63, 3.8) is 0 Å². The lowest BCUT2D eigenvalue weighted by Crippen LogP contribution is -2.15. The lowest BCUT2D eigenvalue weighted by Gasteiger charge is -2.10. The molecule has 0 aliphatic heterocycles. The first-order chi connectivity index (χ1) is 18.7. The van der Waals surface area contributed by atoms with Crippen molar-refractivity contribution in [1.82, 2.24) is 9.97 Å². The number of methoxy groups -OCH3 is 2. The van der Waals surface area contributed by atoms with Crippen molar-refractivity contribution in [2.45, 2.75) is 18.4 Å². The first-order valence-corrected chi connectivity index (χ1v) is 12.9. The number of aromatic nitrogens is 2. The molecule has 0 atom stereocenters. The zero-order valence-electron chi connectivity index (χ0n) is 21.1. The SMILES string of the molecule is COc1cc(NS(=O)(=O)c2ccc(NC(=O)c3ccc(COc4ccc(C(C)=O)cc4)o3)cc2)nc(OC)n1. The molecule has 39 heavy (non-hydrogen) atoms. The monoisotopic (exact) mass is 552 g/mol. The fourth-order valence-corrected chi connectivity index (χ4v) is 4.27. The van der Waals surface area contributed by atoms with Crippen LogP contribution in [0.15, 0.2) is 76.0 Å². The maximum atomic E-state index is 12.8. The Balaban J connectivity index is 1.36. The van der Waals surface area contributed by atoms with Crippen LogP contribution in [0.4, 0.5) is 11.5 Å². The molecule has 2 aromatic carbocycles. The Hall–Kier alpha value is -4.91. The van der Waals surface area contributed by atoms with Gasteiger partial charge in [0.25, 0.3) is 15.9 Å². The van der Waals surface area contributed by atoms with E-state index in [1.54, 1.807) is 30.3 Å². The number of Topliss-reactive ketones (excluding diaryl/α,β-unsaturated/α-hetero) is 1. The molecule has 2 N–H and O–H groups in total. The van der Waals surface area contributed by atoms with Crippen LogP contribution < -0.4 is 24.2 Å². The summed E-state index contributed by atoms with van der Waals surface area (Å²) < 4.78 is 49.1. The molecule has 0 aliphatic carbocycles. The summed E-state index contributed by atoms with van der Waals surface area (Å²) in [5, 5.41) is 2.65. The third kappa shape index (κ3) is 6.90. The number of carbonyl (C=O) groups excluding carboxylic acids is 2. The molecule has 0 radical (unpaired) electrons. The van der Waals surface area contributed by atoms with Gasteiger partial charge in [0.1, 0.15) is 18.1 Å². The summed E-state index contributed by atoms with van der Waals surface area (Å²) in [4.78, 5) is 31.8. The minimum Gasteiger partial charge on any atom is -0.486 e. The van der Waals surface area contributed by atoms with Crippen LogP contribution in [0, 0.1) is 0 Å².